The first-order valence-corrected chi connectivity index (χ1v) is 8.54. The minimum atomic E-state index is -0.841. The van der Waals surface area contributed by atoms with Crippen molar-refractivity contribution >= 4 is 22.8 Å². The van der Waals surface area contributed by atoms with Crippen molar-refractivity contribution in [3.05, 3.63) is 23.8 Å². The minimum absolute atomic E-state index is 0.0364. The summed E-state index contributed by atoms with van der Waals surface area (Å²) in [6.45, 7) is 10.1. The molecule has 0 spiro atoms. The molecule has 0 fully saturated rings. The van der Waals surface area contributed by atoms with Crippen LogP contribution in [0.25, 0.3) is 10.9 Å². The zero-order valence-corrected chi connectivity index (χ0v) is 15.8. The molecule has 7 nitrogen and oxygen atoms in total. The number of hydrogen-bond acceptors (Lipinski definition) is 6. The zero-order chi connectivity index (χ0) is 19.5. The van der Waals surface area contributed by atoms with Crippen molar-refractivity contribution in [1.29, 1.82) is 0 Å². The molecule has 0 saturated heterocycles. The average molecular weight is 362 g/mol. The lowest BCUT2D eigenvalue weighted by atomic mass is 10.0. The maximum Gasteiger partial charge on any atom is 0.515 e. The Kier molecular flexibility index (Phi) is 5.92. The molecular weight excluding hydrogens is 336 g/mol. The molecular formula is C19H26N2O5. The van der Waals surface area contributed by atoms with Crippen LogP contribution in [-0.2, 0) is 4.74 Å². The van der Waals surface area contributed by atoms with Gasteiger partial charge >= 0.3 is 6.16 Å². The number of rotatable bonds is 6. The Morgan fingerprint density at radius 2 is 1.96 bits per heavy atom. The lowest BCUT2D eigenvalue weighted by Crippen LogP contribution is -2.39. The molecule has 0 atom stereocenters. The molecule has 1 heterocycles. The molecule has 3 N–H and O–H groups in total. The second kappa shape index (κ2) is 7.78. The van der Waals surface area contributed by atoms with Crippen molar-refractivity contribution in [1.82, 2.24) is 10.3 Å². The van der Waals surface area contributed by atoms with Gasteiger partial charge in [0.15, 0.2) is 5.78 Å². The monoisotopic (exact) mass is 362 g/mol. The number of aromatic amines is 1. The van der Waals surface area contributed by atoms with E-state index >= 15 is 0 Å². The van der Waals surface area contributed by atoms with Gasteiger partial charge in [-0.25, -0.2) is 4.79 Å². The van der Waals surface area contributed by atoms with E-state index in [9.17, 15) is 14.7 Å². The summed E-state index contributed by atoms with van der Waals surface area (Å²) >= 11 is 0. The Hall–Kier alpha value is -2.54. The number of aromatic hydroxyl groups is 1. The molecule has 0 aliphatic carbocycles. The number of nitrogens with one attached hydrogen (secondary N) is 2. The largest absolute Gasteiger partial charge is 0.515 e. The van der Waals surface area contributed by atoms with Crippen LogP contribution in [0.15, 0.2) is 18.2 Å². The first kappa shape index (κ1) is 19.8. The number of carbonyl (C=O) groups excluding carboxylic acids is 2. The number of H-pyrrole nitrogens is 1. The number of phenolic OH excluding ortho intramolecular Hbond substituents is 1. The number of carbonyl (C=O) groups is 2. The van der Waals surface area contributed by atoms with Gasteiger partial charge in [0.25, 0.3) is 0 Å². The number of ketones is 1. The van der Waals surface area contributed by atoms with Crippen LogP contribution < -0.4 is 10.1 Å². The van der Waals surface area contributed by atoms with Gasteiger partial charge < -0.3 is 24.9 Å². The van der Waals surface area contributed by atoms with Crippen molar-refractivity contribution in [2.45, 2.75) is 40.2 Å². The van der Waals surface area contributed by atoms with Gasteiger partial charge in [0.2, 0.25) is 5.88 Å². The molecule has 0 aliphatic heterocycles. The Balaban J connectivity index is 2.22. The maximum atomic E-state index is 12.5. The molecule has 0 radical (unpaired) electrons. The Morgan fingerprint density at radius 3 is 2.58 bits per heavy atom. The molecule has 1 aromatic heterocycles. The first-order chi connectivity index (χ1) is 12.1. The Morgan fingerprint density at radius 1 is 1.27 bits per heavy atom. The van der Waals surface area contributed by atoms with Gasteiger partial charge in [-0.15, -0.1) is 0 Å². The highest BCUT2D eigenvalue weighted by Gasteiger charge is 2.19. The predicted molar refractivity (Wildman–Crippen MR) is 98.9 cm³/mol. The fraction of sp³-hybridized carbons (Fsp3) is 0.474. The predicted octanol–water partition coefficient (Wildman–Crippen LogP) is 3.62. The summed E-state index contributed by atoms with van der Waals surface area (Å²) in [5.74, 6) is 0.130. The second-order valence-electron chi connectivity index (χ2n) is 7.64. The molecule has 0 saturated carbocycles. The highest BCUT2D eigenvalue weighted by molar-refractivity contribution is 6.10. The molecule has 2 aromatic rings. The number of aromatic nitrogens is 1. The maximum absolute atomic E-state index is 12.5. The van der Waals surface area contributed by atoms with Crippen molar-refractivity contribution in [3.8, 4) is 11.6 Å². The summed E-state index contributed by atoms with van der Waals surface area (Å²) in [6.07, 6.45) is -0.841. The van der Waals surface area contributed by atoms with Gasteiger partial charge in [0.05, 0.1) is 18.7 Å². The van der Waals surface area contributed by atoms with Crippen LogP contribution in [0.2, 0.25) is 0 Å². The highest BCUT2D eigenvalue weighted by atomic mass is 16.7. The fourth-order valence-electron chi connectivity index (χ4n) is 2.27. The van der Waals surface area contributed by atoms with E-state index in [1.165, 1.54) is 12.1 Å². The third-order valence-corrected chi connectivity index (χ3v) is 3.55. The molecule has 0 unspecified atom stereocenters. The molecule has 2 rings (SSSR count). The third-order valence-electron chi connectivity index (χ3n) is 3.55. The van der Waals surface area contributed by atoms with E-state index in [1.807, 2.05) is 34.6 Å². The molecule has 0 aliphatic rings. The lowest BCUT2D eigenvalue weighted by molar-refractivity contribution is 0.0873. The number of fused-ring (bicyclic) bond motifs is 1. The molecule has 1 aromatic carbocycles. The Bertz CT molecular complexity index is 802. The van der Waals surface area contributed by atoms with Crippen molar-refractivity contribution in [2.75, 3.05) is 13.2 Å². The summed E-state index contributed by atoms with van der Waals surface area (Å²) in [7, 11) is 0. The van der Waals surface area contributed by atoms with Crippen LogP contribution in [0.1, 0.15) is 45.0 Å². The van der Waals surface area contributed by atoms with Crippen molar-refractivity contribution in [2.24, 2.45) is 5.92 Å². The average Bonchev–Trinajstić information content (AvgIpc) is 2.94. The molecule has 0 bridgehead atoms. The van der Waals surface area contributed by atoms with Gasteiger partial charge in [-0.05, 0) is 38.8 Å². The van der Waals surface area contributed by atoms with E-state index in [1.54, 1.807) is 6.07 Å². The quantitative estimate of drug-likeness (QED) is 0.536. The number of phenols is 1. The SMILES string of the molecule is CC(C)COC(=O)Oc1cc2c(C(=O)CNC(C)(C)C)ccc(O)c2[nH]1. The third kappa shape index (κ3) is 5.23. The van der Waals surface area contributed by atoms with Gasteiger partial charge in [0.1, 0.15) is 5.75 Å². The number of ether oxygens (including phenoxy) is 2. The zero-order valence-electron chi connectivity index (χ0n) is 15.8. The van der Waals surface area contributed by atoms with Crippen LogP contribution in [0, 0.1) is 5.92 Å². The normalized spacial score (nSPS) is 11.8. The van der Waals surface area contributed by atoms with E-state index < -0.39 is 6.16 Å². The standard InChI is InChI=1S/C19H26N2O5/c1-11(2)10-25-18(24)26-16-8-13-12(6-7-14(22)17(13)21-16)15(23)9-20-19(3,4)5/h6-8,11,20-22H,9-10H2,1-5H3. The molecule has 0 amide bonds. The van der Waals surface area contributed by atoms with Crippen LogP contribution in [0.4, 0.5) is 4.79 Å². The van der Waals surface area contributed by atoms with E-state index in [2.05, 4.69) is 10.3 Å². The topological polar surface area (TPSA) is 101 Å². The summed E-state index contributed by atoms with van der Waals surface area (Å²) in [5, 5.41) is 13.7. The van der Waals surface area contributed by atoms with Gasteiger partial charge in [-0.2, -0.15) is 0 Å². The number of hydrogen-bond donors (Lipinski definition) is 3. The van der Waals surface area contributed by atoms with Gasteiger partial charge in [-0.3, -0.25) is 4.79 Å². The smallest absolute Gasteiger partial charge is 0.506 e. The number of Topliss-reactive ketones (excluding diaryl/α,β-unsaturated/α-hetero) is 1. The van der Waals surface area contributed by atoms with E-state index in [0.717, 1.165) is 0 Å². The van der Waals surface area contributed by atoms with E-state index in [4.69, 9.17) is 9.47 Å². The van der Waals surface area contributed by atoms with Crippen LogP contribution in [0.3, 0.4) is 0 Å². The minimum Gasteiger partial charge on any atom is -0.506 e. The highest BCUT2D eigenvalue weighted by Crippen LogP contribution is 2.31. The number of benzene rings is 1. The Labute approximate surface area is 152 Å². The van der Waals surface area contributed by atoms with Crippen LogP contribution >= 0.6 is 0 Å². The van der Waals surface area contributed by atoms with Crippen molar-refractivity contribution < 1.29 is 24.2 Å². The summed E-state index contributed by atoms with van der Waals surface area (Å²) in [5.41, 5.74) is 0.563. The van der Waals surface area contributed by atoms with Crippen LogP contribution in [-0.4, -0.2) is 40.7 Å². The van der Waals surface area contributed by atoms with Gasteiger partial charge in [0, 0.05) is 22.6 Å². The molecule has 26 heavy (non-hydrogen) atoms. The van der Waals surface area contributed by atoms with Crippen molar-refractivity contribution in [3.63, 3.8) is 0 Å². The molecule has 7 heteroatoms. The fourth-order valence-corrected chi connectivity index (χ4v) is 2.27. The lowest BCUT2D eigenvalue weighted by Gasteiger charge is -2.19. The summed E-state index contributed by atoms with van der Waals surface area (Å²) < 4.78 is 10.1. The second-order valence-corrected chi connectivity index (χ2v) is 7.64. The first-order valence-electron chi connectivity index (χ1n) is 8.54. The van der Waals surface area contributed by atoms with E-state index in [-0.39, 0.29) is 42.0 Å². The van der Waals surface area contributed by atoms with Crippen LogP contribution in [0.5, 0.6) is 11.6 Å². The van der Waals surface area contributed by atoms with E-state index in [0.29, 0.717) is 16.5 Å². The summed E-state index contributed by atoms with van der Waals surface area (Å²) in [6, 6.07) is 4.50. The molecule has 142 valence electrons. The summed E-state index contributed by atoms with van der Waals surface area (Å²) in [4.78, 5) is 27.0. The van der Waals surface area contributed by atoms with Gasteiger partial charge in [-0.1, -0.05) is 13.8 Å².